The van der Waals surface area contributed by atoms with Gasteiger partial charge in [0.2, 0.25) is 0 Å². The van der Waals surface area contributed by atoms with Crippen molar-refractivity contribution < 1.29 is 4.79 Å². The molecule has 0 bridgehead atoms. The molecule has 0 saturated carbocycles. The number of amides is 1. The first-order valence-corrected chi connectivity index (χ1v) is 9.76. The fourth-order valence-electron chi connectivity index (χ4n) is 2.99. The van der Waals surface area contributed by atoms with E-state index in [0.29, 0.717) is 6.54 Å². The summed E-state index contributed by atoms with van der Waals surface area (Å²) in [5, 5.41) is 4.35. The van der Waals surface area contributed by atoms with Gasteiger partial charge in [0.1, 0.15) is 4.83 Å². The number of hydrogen-bond acceptors (Lipinski definition) is 7. The Morgan fingerprint density at radius 1 is 1.32 bits per heavy atom. The lowest BCUT2D eigenvalue weighted by Crippen LogP contribution is -2.48. The average molecular weight is 374 g/mol. The molecule has 130 valence electrons. The van der Waals surface area contributed by atoms with Crippen LogP contribution in [0.2, 0.25) is 0 Å². The molecule has 4 rings (SSSR count). The standard InChI is InChI=1S/C17H19N5OS2/c1-21(2)17-20-15-13(25-17)9-14(24-15)16(23)22-8-7-19-10-12(22)11-3-5-18-6-4-11/h3-6,9,12,19H,7-8,10H2,1-2H3. The number of fused-ring (bicyclic) bond motifs is 1. The molecule has 6 nitrogen and oxygen atoms in total. The Hall–Kier alpha value is -2.03. The van der Waals surface area contributed by atoms with Gasteiger partial charge in [-0.3, -0.25) is 9.78 Å². The average Bonchev–Trinajstić information content (AvgIpc) is 3.21. The van der Waals surface area contributed by atoms with Gasteiger partial charge in [-0.05, 0) is 23.8 Å². The molecule has 0 spiro atoms. The van der Waals surface area contributed by atoms with E-state index in [1.54, 1.807) is 23.7 Å². The molecule has 1 aliphatic heterocycles. The molecule has 1 amide bonds. The molecule has 1 saturated heterocycles. The van der Waals surface area contributed by atoms with Gasteiger partial charge >= 0.3 is 0 Å². The summed E-state index contributed by atoms with van der Waals surface area (Å²) in [4.78, 5) is 27.5. The summed E-state index contributed by atoms with van der Waals surface area (Å²) in [6.07, 6.45) is 3.56. The lowest BCUT2D eigenvalue weighted by atomic mass is 10.0. The van der Waals surface area contributed by atoms with E-state index in [1.807, 2.05) is 42.1 Å². The maximum atomic E-state index is 13.1. The van der Waals surface area contributed by atoms with E-state index in [1.165, 1.54) is 11.3 Å². The minimum absolute atomic E-state index is 0.0367. The maximum absolute atomic E-state index is 13.1. The van der Waals surface area contributed by atoms with Gasteiger partial charge in [-0.1, -0.05) is 11.3 Å². The predicted octanol–water partition coefficient (Wildman–Crippen LogP) is 2.61. The molecule has 0 aliphatic carbocycles. The van der Waals surface area contributed by atoms with Crippen LogP contribution in [0, 0.1) is 0 Å². The molecule has 0 aromatic carbocycles. The molecule has 1 atom stereocenters. The third-order valence-electron chi connectivity index (χ3n) is 4.27. The number of rotatable bonds is 3. The number of nitrogens with zero attached hydrogens (tertiary/aromatic N) is 4. The van der Waals surface area contributed by atoms with E-state index in [2.05, 4.69) is 15.3 Å². The number of thiophene rings is 1. The minimum Gasteiger partial charge on any atom is -0.354 e. The van der Waals surface area contributed by atoms with Gasteiger partial charge in [-0.25, -0.2) is 4.98 Å². The Balaban J connectivity index is 1.63. The number of piperazine rings is 1. The Morgan fingerprint density at radius 2 is 2.12 bits per heavy atom. The topological polar surface area (TPSA) is 61.4 Å². The van der Waals surface area contributed by atoms with Crippen molar-refractivity contribution in [1.82, 2.24) is 20.2 Å². The van der Waals surface area contributed by atoms with Crippen LogP contribution in [0.1, 0.15) is 21.3 Å². The second kappa shape index (κ2) is 6.70. The maximum Gasteiger partial charge on any atom is 0.264 e. The molecule has 1 unspecified atom stereocenters. The monoisotopic (exact) mass is 373 g/mol. The lowest BCUT2D eigenvalue weighted by Gasteiger charge is -2.36. The Bertz CT molecular complexity index is 857. The molecule has 3 aromatic rings. The van der Waals surface area contributed by atoms with E-state index in [0.717, 1.165) is 38.2 Å². The van der Waals surface area contributed by atoms with Crippen molar-refractivity contribution in [2.24, 2.45) is 0 Å². The summed E-state index contributed by atoms with van der Waals surface area (Å²) in [7, 11) is 3.96. The molecule has 0 radical (unpaired) electrons. The number of pyridine rings is 1. The summed E-state index contributed by atoms with van der Waals surface area (Å²) in [6, 6.07) is 5.99. The third kappa shape index (κ3) is 3.12. The van der Waals surface area contributed by atoms with Crippen LogP contribution >= 0.6 is 22.7 Å². The molecule has 4 heterocycles. The van der Waals surface area contributed by atoms with E-state index in [4.69, 9.17) is 0 Å². The molecular formula is C17H19N5OS2. The first-order valence-electron chi connectivity index (χ1n) is 8.13. The van der Waals surface area contributed by atoms with Crippen molar-refractivity contribution in [3.8, 4) is 0 Å². The zero-order chi connectivity index (χ0) is 17.4. The zero-order valence-electron chi connectivity index (χ0n) is 14.1. The highest BCUT2D eigenvalue weighted by molar-refractivity contribution is 7.29. The van der Waals surface area contributed by atoms with Crippen LogP contribution in [0.5, 0.6) is 0 Å². The molecule has 1 fully saturated rings. The van der Waals surface area contributed by atoms with Crippen molar-refractivity contribution in [3.63, 3.8) is 0 Å². The van der Waals surface area contributed by atoms with Crippen molar-refractivity contribution in [2.75, 3.05) is 38.6 Å². The largest absolute Gasteiger partial charge is 0.354 e. The van der Waals surface area contributed by atoms with Gasteiger partial charge in [0, 0.05) is 46.1 Å². The number of aromatic nitrogens is 2. The van der Waals surface area contributed by atoms with E-state index < -0.39 is 0 Å². The van der Waals surface area contributed by atoms with Crippen LogP contribution in [-0.2, 0) is 0 Å². The first-order chi connectivity index (χ1) is 12.1. The number of carbonyl (C=O) groups is 1. The zero-order valence-corrected chi connectivity index (χ0v) is 15.7. The number of carbonyl (C=O) groups excluding carboxylic acids is 1. The number of anilines is 1. The van der Waals surface area contributed by atoms with Crippen molar-refractivity contribution in [2.45, 2.75) is 6.04 Å². The Labute approximate surface area is 154 Å². The Kier molecular flexibility index (Phi) is 4.41. The number of thiazole rings is 1. The quantitative estimate of drug-likeness (QED) is 0.765. The van der Waals surface area contributed by atoms with Gasteiger partial charge < -0.3 is 15.1 Å². The molecule has 1 aliphatic rings. The second-order valence-electron chi connectivity index (χ2n) is 6.17. The van der Waals surface area contributed by atoms with Crippen LogP contribution in [0.3, 0.4) is 0 Å². The van der Waals surface area contributed by atoms with E-state index in [9.17, 15) is 4.79 Å². The SMILES string of the molecule is CN(C)c1nc2sc(C(=O)N3CCNCC3c3ccncc3)cc2s1. The fraction of sp³-hybridized carbons (Fsp3) is 0.353. The summed E-state index contributed by atoms with van der Waals surface area (Å²) >= 11 is 3.10. The van der Waals surface area contributed by atoms with E-state index >= 15 is 0 Å². The van der Waals surface area contributed by atoms with Crippen LogP contribution < -0.4 is 10.2 Å². The number of nitrogens with one attached hydrogen (secondary N) is 1. The highest BCUT2D eigenvalue weighted by atomic mass is 32.1. The number of hydrogen-bond donors (Lipinski definition) is 1. The van der Waals surface area contributed by atoms with E-state index in [-0.39, 0.29) is 11.9 Å². The summed E-state index contributed by atoms with van der Waals surface area (Å²) in [5.41, 5.74) is 1.11. The van der Waals surface area contributed by atoms with Gasteiger partial charge in [0.15, 0.2) is 5.13 Å². The normalized spacial score (nSPS) is 17.8. The minimum atomic E-state index is 0.0367. The van der Waals surface area contributed by atoms with Crippen molar-refractivity contribution >= 4 is 43.2 Å². The smallest absolute Gasteiger partial charge is 0.264 e. The molecule has 3 aromatic heterocycles. The summed E-state index contributed by atoms with van der Waals surface area (Å²) < 4.78 is 1.08. The van der Waals surface area contributed by atoms with Crippen LogP contribution in [0.25, 0.3) is 9.53 Å². The fourth-order valence-corrected chi connectivity index (χ4v) is 5.08. The van der Waals surface area contributed by atoms with Crippen molar-refractivity contribution in [3.05, 3.63) is 41.0 Å². The van der Waals surface area contributed by atoms with Crippen LogP contribution in [0.4, 0.5) is 5.13 Å². The van der Waals surface area contributed by atoms with Gasteiger partial charge in [0.05, 0.1) is 15.6 Å². The first kappa shape index (κ1) is 16.4. The lowest BCUT2D eigenvalue weighted by molar-refractivity contribution is 0.0639. The van der Waals surface area contributed by atoms with Crippen LogP contribution in [-0.4, -0.2) is 54.5 Å². The third-order valence-corrected chi connectivity index (χ3v) is 6.58. The van der Waals surface area contributed by atoms with Gasteiger partial charge in [0.25, 0.3) is 5.91 Å². The highest BCUT2D eigenvalue weighted by Gasteiger charge is 2.30. The molecule has 25 heavy (non-hydrogen) atoms. The Morgan fingerprint density at radius 3 is 2.84 bits per heavy atom. The van der Waals surface area contributed by atoms with Gasteiger partial charge in [-0.2, -0.15) is 0 Å². The highest BCUT2D eigenvalue weighted by Crippen LogP contribution is 2.35. The molecular weight excluding hydrogens is 354 g/mol. The van der Waals surface area contributed by atoms with Crippen molar-refractivity contribution in [1.29, 1.82) is 0 Å². The molecule has 8 heteroatoms. The van der Waals surface area contributed by atoms with Gasteiger partial charge in [-0.15, -0.1) is 11.3 Å². The molecule has 1 N–H and O–H groups in total. The summed E-state index contributed by atoms with van der Waals surface area (Å²) in [5.74, 6) is 0.0879. The second-order valence-corrected chi connectivity index (χ2v) is 8.21. The summed E-state index contributed by atoms with van der Waals surface area (Å²) in [6.45, 7) is 2.28. The van der Waals surface area contributed by atoms with Crippen LogP contribution in [0.15, 0.2) is 30.6 Å². The predicted molar refractivity (Wildman–Crippen MR) is 103 cm³/mol.